The topological polar surface area (TPSA) is 118 Å². The van der Waals surface area contributed by atoms with Gasteiger partial charge in [-0.2, -0.15) is 5.10 Å². The molecule has 0 heterocycles. The molecule has 0 bridgehead atoms. The summed E-state index contributed by atoms with van der Waals surface area (Å²) in [6.07, 6.45) is 2.26. The Labute approximate surface area is 209 Å². The van der Waals surface area contributed by atoms with E-state index in [1.54, 1.807) is 55.6 Å². The van der Waals surface area contributed by atoms with E-state index < -0.39 is 11.8 Å². The highest BCUT2D eigenvalue weighted by atomic mass is 16.5. The Bertz CT molecular complexity index is 1210. The molecule has 0 radical (unpaired) electrons. The second-order valence-corrected chi connectivity index (χ2v) is 7.66. The number of carbonyl (C=O) groups excluding carboxylic acids is 3. The second kappa shape index (κ2) is 13.3. The normalized spacial score (nSPS) is 10.5. The minimum atomic E-state index is -0.911. The van der Waals surface area contributed by atoms with Gasteiger partial charge in [0.05, 0.1) is 13.3 Å². The molecule has 0 aliphatic carbocycles. The van der Waals surface area contributed by atoms with Crippen LogP contribution < -0.4 is 25.5 Å². The van der Waals surface area contributed by atoms with E-state index >= 15 is 0 Å². The van der Waals surface area contributed by atoms with Crippen LogP contribution in [0.3, 0.4) is 0 Å². The maximum atomic E-state index is 12.2. The number of nitrogens with one attached hydrogen (secondary N) is 3. The van der Waals surface area contributed by atoms with Crippen molar-refractivity contribution in [2.45, 2.75) is 19.9 Å². The number of nitrogens with zero attached hydrogens (tertiary/aromatic N) is 1. The predicted octanol–water partition coefficient (Wildman–Crippen LogP) is 3.04. The van der Waals surface area contributed by atoms with Crippen molar-refractivity contribution in [3.05, 3.63) is 89.5 Å². The van der Waals surface area contributed by atoms with Crippen LogP contribution in [0.2, 0.25) is 0 Å². The molecule has 0 aromatic heterocycles. The zero-order chi connectivity index (χ0) is 25.8. The number of hydrogen-bond acceptors (Lipinski definition) is 6. The predicted molar refractivity (Wildman–Crippen MR) is 137 cm³/mol. The molecule has 9 nitrogen and oxygen atoms in total. The number of amides is 3. The van der Waals surface area contributed by atoms with Gasteiger partial charge in [-0.05, 0) is 53.9 Å². The largest absolute Gasteiger partial charge is 0.497 e. The third-order valence-corrected chi connectivity index (χ3v) is 5.11. The third-order valence-electron chi connectivity index (χ3n) is 5.11. The molecule has 0 spiro atoms. The summed E-state index contributed by atoms with van der Waals surface area (Å²) in [5.74, 6) is -0.949. The summed E-state index contributed by atoms with van der Waals surface area (Å²) in [7, 11) is 1.57. The smallest absolute Gasteiger partial charge is 0.329 e. The van der Waals surface area contributed by atoms with Crippen LogP contribution >= 0.6 is 0 Å². The summed E-state index contributed by atoms with van der Waals surface area (Å²) in [6.45, 7) is 2.04. The number of benzene rings is 3. The molecule has 186 valence electrons. The van der Waals surface area contributed by atoms with Crippen LogP contribution in [0.5, 0.6) is 11.5 Å². The zero-order valence-electron chi connectivity index (χ0n) is 20.1. The summed E-state index contributed by atoms with van der Waals surface area (Å²) in [6, 6.07) is 21.6. The Balaban J connectivity index is 1.47. The van der Waals surface area contributed by atoms with Crippen LogP contribution in [0.4, 0.5) is 5.69 Å². The fraction of sp³-hybridized carbons (Fsp3) is 0.185. The minimum Gasteiger partial charge on any atom is -0.497 e. The van der Waals surface area contributed by atoms with Crippen molar-refractivity contribution in [1.82, 2.24) is 10.7 Å². The monoisotopic (exact) mass is 488 g/mol. The molecular weight excluding hydrogens is 460 g/mol. The first-order chi connectivity index (χ1) is 17.5. The first-order valence-electron chi connectivity index (χ1n) is 11.3. The van der Waals surface area contributed by atoms with Gasteiger partial charge in [0, 0.05) is 17.8 Å². The van der Waals surface area contributed by atoms with E-state index in [9.17, 15) is 14.4 Å². The van der Waals surface area contributed by atoms with E-state index in [0.717, 1.165) is 12.0 Å². The first kappa shape index (κ1) is 26.0. The van der Waals surface area contributed by atoms with Gasteiger partial charge < -0.3 is 20.1 Å². The molecule has 36 heavy (non-hydrogen) atoms. The van der Waals surface area contributed by atoms with Gasteiger partial charge in [-0.1, -0.05) is 43.3 Å². The van der Waals surface area contributed by atoms with E-state index in [0.29, 0.717) is 22.7 Å². The Hall–Kier alpha value is -4.66. The molecule has 0 unspecified atom stereocenters. The summed E-state index contributed by atoms with van der Waals surface area (Å²) in [5, 5.41) is 9.13. The third kappa shape index (κ3) is 7.98. The Kier molecular flexibility index (Phi) is 9.58. The van der Waals surface area contributed by atoms with Crippen LogP contribution in [-0.4, -0.2) is 37.7 Å². The molecule has 0 aliphatic heterocycles. The first-order valence-corrected chi connectivity index (χ1v) is 11.3. The molecule has 3 rings (SSSR count). The summed E-state index contributed by atoms with van der Waals surface area (Å²) >= 11 is 0. The van der Waals surface area contributed by atoms with Gasteiger partial charge in [0.15, 0.2) is 6.61 Å². The van der Waals surface area contributed by atoms with E-state index in [1.165, 1.54) is 11.8 Å². The highest BCUT2D eigenvalue weighted by Crippen LogP contribution is 2.16. The SMILES string of the molecule is CCc1ccc(NC(=O)COc2ccccc2/C=N\NC(=O)C(=O)NCc2ccc(OC)cc2)cc1. The quantitative estimate of drug-likeness (QED) is 0.230. The van der Waals surface area contributed by atoms with Crippen molar-refractivity contribution in [3.8, 4) is 11.5 Å². The van der Waals surface area contributed by atoms with Gasteiger partial charge in [0.1, 0.15) is 11.5 Å². The van der Waals surface area contributed by atoms with Crippen LogP contribution in [0, 0.1) is 0 Å². The van der Waals surface area contributed by atoms with Crippen molar-refractivity contribution in [1.29, 1.82) is 0 Å². The number of anilines is 1. The molecule has 0 saturated carbocycles. The van der Waals surface area contributed by atoms with Crippen molar-refractivity contribution < 1.29 is 23.9 Å². The maximum Gasteiger partial charge on any atom is 0.329 e. The van der Waals surface area contributed by atoms with Gasteiger partial charge in [-0.25, -0.2) is 5.43 Å². The summed E-state index contributed by atoms with van der Waals surface area (Å²) < 4.78 is 10.7. The van der Waals surface area contributed by atoms with E-state index in [-0.39, 0.29) is 19.1 Å². The number of methoxy groups -OCH3 is 1. The molecule has 0 atom stereocenters. The summed E-state index contributed by atoms with van der Waals surface area (Å²) in [4.78, 5) is 36.3. The maximum absolute atomic E-state index is 12.2. The summed E-state index contributed by atoms with van der Waals surface area (Å²) in [5.41, 5.74) is 5.38. The molecule has 3 aromatic carbocycles. The van der Waals surface area contributed by atoms with Crippen molar-refractivity contribution in [2.75, 3.05) is 19.0 Å². The van der Waals surface area contributed by atoms with Crippen LogP contribution in [0.25, 0.3) is 0 Å². The number of para-hydroxylation sites is 1. The minimum absolute atomic E-state index is 0.182. The molecular formula is C27H28N4O5. The fourth-order valence-electron chi connectivity index (χ4n) is 3.10. The van der Waals surface area contributed by atoms with Gasteiger partial charge in [-0.3, -0.25) is 14.4 Å². The molecule has 0 fully saturated rings. The second-order valence-electron chi connectivity index (χ2n) is 7.66. The van der Waals surface area contributed by atoms with E-state index in [1.807, 2.05) is 24.3 Å². The van der Waals surface area contributed by atoms with Crippen molar-refractivity contribution >= 4 is 29.6 Å². The highest BCUT2D eigenvalue weighted by Gasteiger charge is 2.12. The van der Waals surface area contributed by atoms with Gasteiger partial charge in [0.2, 0.25) is 0 Å². The number of carbonyl (C=O) groups is 3. The van der Waals surface area contributed by atoms with Gasteiger partial charge in [-0.15, -0.1) is 0 Å². The van der Waals surface area contributed by atoms with E-state index in [2.05, 4.69) is 28.1 Å². The lowest BCUT2D eigenvalue weighted by atomic mass is 10.1. The Morgan fingerprint density at radius 3 is 2.28 bits per heavy atom. The highest BCUT2D eigenvalue weighted by molar-refractivity contribution is 6.35. The fourth-order valence-corrected chi connectivity index (χ4v) is 3.10. The molecule has 3 aromatic rings. The van der Waals surface area contributed by atoms with Crippen LogP contribution in [0.1, 0.15) is 23.6 Å². The van der Waals surface area contributed by atoms with Gasteiger partial charge in [0.25, 0.3) is 5.91 Å². The lowest BCUT2D eigenvalue weighted by Crippen LogP contribution is -2.37. The number of hydrazone groups is 1. The van der Waals surface area contributed by atoms with Gasteiger partial charge >= 0.3 is 11.8 Å². The molecule has 9 heteroatoms. The zero-order valence-corrected chi connectivity index (χ0v) is 20.1. The number of hydrogen-bond donors (Lipinski definition) is 3. The average Bonchev–Trinajstić information content (AvgIpc) is 2.91. The lowest BCUT2D eigenvalue weighted by Gasteiger charge is -2.10. The standard InChI is InChI=1S/C27H28N4O5/c1-3-19-8-12-22(13-9-19)30-25(32)18-36-24-7-5-4-6-21(24)17-29-31-27(34)26(33)28-16-20-10-14-23(35-2)15-11-20/h4-15,17H,3,16,18H2,1-2H3,(H,28,33)(H,30,32)(H,31,34)/b29-17-. The molecule has 0 aliphatic rings. The number of aryl methyl sites for hydroxylation is 1. The average molecular weight is 489 g/mol. The molecule has 0 saturated heterocycles. The number of rotatable bonds is 10. The van der Waals surface area contributed by atoms with Crippen LogP contribution in [0.15, 0.2) is 77.9 Å². The molecule has 3 N–H and O–H groups in total. The Morgan fingerprint density at radius 1 is 0.889 bits per heavy atom. The van der Waals surface area contributed by atoms with E-state index in [4.69, 9.17) is 9.47 Å². The van der Waals surface area contributed by atoms with Crippen molar-refractivity contribution in [3.63, 3.8) is 0 Å². The Morgan fingerprint density at radius 2 is 1.58 bits per heavy atom. The van der Waals surface area contributed by atoms with Crippen LogP contribution in [-0.2, 0) is 27.3 Å². The number of ether oxygens (including phenoxy) is 2. The van der Waals surface area contributed by atoms with Crippen molar-refractivity contribution in [2.24, 2.45) is 5.10 Å². The lowest BCUT2D eigenvalue weighted by molar-refractivity contribution is -0.139. The molecule has 3 amide bonds.